The number of unbranched alkanes of at least 4 members (excludes halogenated alkanes) is 1. The van der Waals surface area contributed by atoms with Gasteiger partial charge < -0.3 is 9.80 Å². The van der Waals surface area contributed by atoms with E-state index in [2.05, 4.69) is 58.1 Å². The molecule has 1 fully saturated rings. The van der Waals surface area contributed by atoms with Gasteiger partial charge in [-0.1, -0.05) is 83.0 Å². The van der Waals surface area contributed by atoms with Crippen molar-refractivity contribution in [3.8, 4) is 17.1 Å². The van der Waals surface area contributed by atoms with Gasteiger partial charge in [0, 0.05) is 64.7 Å². The lowest BCUT2D eigenvalue weighted by Crippen LogP contribution is -2.55. The first-order valence-corrected chi connectivity index (χ1v) is 15.8. The third-order valence-electron chi connectivity index (χ3n) is 7.32. The lowest BCUT2D eigenvalue weighted by molar-refractivity contribution is -0.133. The van der Waals surface area contributed by atoms with Crippen LogP contribution in [0.3, 0.4) is 0 Å². The standard InChI is InChI=1S/C32H33Cl2N5O2S/c1-22-11-13-24(14-12-22)30-35-36-32(39(30)28-8-4-3-5-9-28)42-17-7-6-10-29(40)37-15-16-38(23(2)21-37)31(41)25-18-26(33)20-27(34)19-25/h3-5,8-9,11-14,18-20,23H,6-7,10,15-17,21H2,1-2H3. The Kier molecular flexibility index (Phi) is 9.88. The first-order chi connectivity index (χ1) is 20.3. The minimum atomic E-state index is -0.120. The Bertz CT molecular complexity index is 1520. The monoisotopic (exact) mass is 621 g/mol. The molecular formula is C32H33Cl2N5O2S. The van der Waals surface area contributed by atoms with Gasteiger partial charge in [0.25, 0.3) is 5.91 Å². The van der Waals surface area contributed by atoms with E-state index in [1.165, 1.54) is 5.56 Å². The van der Waals surface area contributed by atoms with Crippen LogP contribution in [0.4, 0.5) is 0 Å². The number of hydrogen-bond donors (Lipinski definition) is 0. The minimum absolute atomic E-state index is 0.101. The number of amides is 2. The zero-order chi connectivity index (χ0) is 29.6. The molecule has 1 aliphatic heterocycles. The molecule has 218 valence electrons. The van der Waals surface area contributed by atoms with Crippen LogP contribution in [0.1, 0.15) is 42.1 Å². The van der Waals surface area contributed by atoms with Crippen molar-refractivity contribution in [2.75, 3.05) is 25.4 Å². The first kappa shape index (κ1) is 30.1. The topological polar surface area (TPSA) is 71.3 Å². The minimum Gasteiger partial charge on any atom is -0.339 e. The number of aromatic nitrogens is 3. The van der Waals surface area contributed by atoms with E-state index in [0.717, 1.165) is 40.8 Å². The molecule has 10 heteroatoms. The molecule has 1 unspecified atom stereocenters. The molecule has 0 spiro atoms. The number of aryl methyl sites for hydroxylation is 1. The zero-order valence-electron chi connectivity index (χ0n) is 23.7. The smallest absolute Gasteiger partial charge is 0.254 e. The highest BCUT2D eigenvalue weighted by Gasteiger charge is 2.30. The van der Waals surface area contributed by atoms with Crippen LogP contribution in [0.2, 0.25) is 10.0 Å². The number of benzene rings is 3. The highest BCUT2D eigenvalue weighted by Crippen LogP contribution is 2.29. The molecule has 4 aromatic rings. The molecule has 0 radical (unpaired) electrons. The maximum Gasteiger partial charge on any atom is 0.254 e. The van der Waals surface area contributed by atoms with E-state index in [9.17, 15) is 9.59 Å². The zero-order valence-corrected chi connectivity index (χ0v) is 26.0. The van der Waals surface area contributed by atoms with Crippen LogP contribution < -0.4 is 0 Å². The molecule has 1 aliphatic rings. The van der Waals surface area contributed by atoms with Crippen LogP contribution in [0.5, 0.6) is 0 Å². The Morgan fingerprint density at radius 3 is 2.33 bits per heavy atom. The van der Waals surface area contributed by atoms with Crippen molar-refractivity contribution in [2.45, 2.75) is 44.3 Å². The number of hydrogen-bond acceptors (Lipinski definition) is 5. The molecule has 5 rings (SSSR count). The number of thioether (sulfide) groups is 1. The number of nitrogens with zero attached hydrogens (tertiary/aromatic N) is 5. The van der Waals surface area contributed by atoms with Crippen LogP contribution in [0.15, 0.2) is 78.0 Å². The summed E-state index contributed by atoms with van der Waals surface area (Å²) in [5, 5.41) is 10.7. The largest absolute Gasteiger partial charge is 0.339 e. The lowest BCUT2D eigenvalue weighted by atomic mass is 10.1. The van der Waals surface area contributed by atoms with E-state index in [1.54, 1.807) is 34.9 Å². The van der Waals surface area contributed by atoms with Crippen molar-refractivity contribution in [3.63, 3.8) is 0 Å². The summed E-state index contributed by atoms with van der Waals surface area (Å²) in [6.45, 7) is 5.53. The fraction of sp³-hybridized carbons (Fsp3) is 0.312. The third kappa shape index (κ3) is 7.17. The molecular weight excluding hydrogens is 589 g/mol. The summed E-state index contributed by atoms with van der Waals surface area (Å²) in [6, 6.07) is 23.2. The van der Waals surface area contributed by atoms with E-state index >= 15 is 0 Å². The van der Waals surface area contributed by atoms with Gasteiger partial charge in [-0.05, 0) is 57.0 Å². The Hall–Kier alpha value is -3.33. The van der Waals surface area contributed by atoms with Crippen molar-refractivity contribution >= 4 is 46.8 Å². The maximum atomic E-state index is 13.1. The Balaban J connectivity index is 1.13. The highest BCUT2D eigenvalue weighted by atomic mass is 35.5. The molecule has 2 heterocycles. The van der Waals surface area contributed by atoms with Crippen LogP contribution >= 0.6 is 35.0 Å². The van der Waals surface area contributed by atoms with E-state index < -0.39 is 0 Å². The Labute approximate surface area is 260 Å². The lowest BCUT2D eigenvalue weighted by Gasteiger charge is -2.40. The number of rotatable bonds is 9. The Morgan fingerprint density at radius 2 is 1.64 bits per heavy atom. The summed E-state index contributed by atoms with van der Waals surface area (Å²) in [7, 11) is 0. The molecule has 0 bridgehead atoms. The predicted octanol–water partition coefficient (Wildman–Crippen LogP) is 7.19. The van der Waals surface area contributed by atoms with Gasteiger partial charge >= 0.3 is 0 Å². The fourth-order valence-corrected chi connectivity index (χ4v) is 6.57. The van der Waals surface area contributed by atoms with Gasteiger partial charge in [-0.2, -0.15) is 0 Å². The summed E-state index contributed by atoms with van der Waals surface area (Å²) in [5.74, 6) is 1.64. The van der Waals surface area contributed by atoms with Crippen molar-refractivity contribution in [1.82, 2.24) is 24.6 Å². The van der Waals surface area contributed by atoms with Gasteiger partial charge in [0.05, 0.1) is 0 Å². The number of para-hydroxylation sites is 1. The molecule has 0 N–H and O–H groups in total. The van der Waals surface area contributed by atoms with Gasteiger partial charge in [0.15, 0.2) is 11.0 Å². The maximum absolute atomic E-state index is 13.1. The van der Waals surface area contributed by atoms with Crippen LogP contribution in [-0.2, 0) is 4.79 Å². The molecule has 0 saturated carbocycles. The fourth-order valence-electron chi connectivity index (χ4n) is 5.09. The van der Waals surface area contributed by atoms with Crippen molar-refractivity contribution in [1.29, 1.82) is 0 Å². The SMILES string of the molecule is Cc1ccc(-c2nnc(SCCCCC(=O)N3CCN(C(=O)c4cc(Cl)cc(Cl)c4)C(C)C3)n2-c2ccccc2)cc1. The first-order valence-electron chi connectivity index (χ1n) is 14.1. The van der Waals surface area contributed by atoms with E-state index in [-0.39, 0.29) is 17.9 Å². The summed E-state index contributed by atoms with van der Waals surface area (Å²) < 4.78 is 2.10. The van der Waals surface area contributed by atoms with Crippen molar-refractivity contribution in [2.24, 2.45) is 0 Å². The van der Waals surface area contributed by atoms with Gasteiger partial charge in [-0.25, -0.2) is 0 Å². The molecule has 0 aliphatic carbocycles. The van der Waals surface area contributed by atoms with Crippen LogP contribution in [0.25, 0.3) is 17.1 Å². The van der Waals surface area contributed by atoms with Crippen LogP contribution in [0, 0.1) is 6.92 Å². The van der Waals surface area contributed by atoms with Gasteiger partial charge in [-0.3, -0.25) is 14.2 Å². The molecule has 7 nitrogen and oxygen atoms in total. The number of carbonyl (C=O) groups excluding carboxylic acids is 2. The summed E-state index contributed by atoms with van der Waals surface area (Å²) in [4.78, 5) is 29.7. The molecule has 3 aromatic carbocycles. The quantitative estimate of drug-likeness (QED) is 0.146. The van der Waals surface area contributed by atoms with Crippen LogP contribution in [-0.4, -0.2) is 67.8 Å². The second kappa shape index (κ2) is 13.8. The van der Waals surface area contributed by atoms with Gasteiger partial charge in [0.1, 0.15) is 0 Å². The summed E-state index contributed by atoms with van der Waals surface area (Å²) >= 11 is 13.8. The Morgan fingerprint density at radius 1 is 0.929 bits per heavy atom. The number of carbonyl (C=O) groups is 2. The predicted molar refractivity (Wildman–Crippen MR) is 170 cm³/mol. The molecule has 1 saturated heterocycles. The second-order valence-electron chi connectivity index (χ2n) is 10.5. The van der Waals surface area contributed by atoms with E-state index in [4.69, 9.17) is 23.2 Å². The summed E-state index contributed by atoms with van der Waals surface area (Å²) in [5.41, 5.74) is 3.69. The van der Waals surface area contributed by atoms with Gasteiger partial charge in [-0.15, -0.1) is 10.2 Å². The molecule has 1 aromatic heterocycles. The molecule has 1 atom stereocenters. The summed E-state index contributed by atoms with van der Waals surface area (Å²) in [6.07, 6.45) is 2.14. The third-order valence-corrected chi connectivity index (χ3v) is 8.78. The average molecular weight is 623 g/mol. The number of halogens is 2. The van der Waals surface area contributed by atoms with Gasteiger partial charge in [0.2, 0.25) is 5.91 Å². The molecule has 2 amide bonds. The van der Waals surface area contributed by atoms with Crippen molar-refractivity contribution in [3.05, 3.63) is 94.0 Å². The number of piperazine rings is 1. The van der Waals surface area contributed by atoms with Crippen molar-refractivity contribution < 1.29 is 9.59 Å². The van der Waals surface area contributed by atoms with E-state index in [1.807, 2.05) is 30.0 Å². The second-order valence-corrected chi connectivity index (χ2v) is 12.4. The highest BCUT2D eigenvalue weighted by molar-refractivity contribution is 7.99. The molecule has 42 heavy (non-hydrogen) atoms. The normalized spacial score (nSPS) is 15.2. The van der Waals surface area contributed by atoms with E-state index in [0.29, 0.717) is 41.7 Å². The average Bonchev–Trinajstić information content (AvgIpc) is 3.40.